The van der Waals surface area contributed by atoms with Crippen molar-refractivity contribution in [2.75, 3.05) is 7.11 Å². The lowest BCUT2D eigenvalue weighted by Gasteiger charge is -2.12. The lowest BCUT2D eigenvalue weighted by molar-refractivity contribution is 0.0599. The van der Waals surface area contributed by atoms with Crippen molar-refractivity contribution in [3.63, 3.8) is 0 Å². The molecule has 1 heterocycles. The highest BCUT2D eigenvalue weighted by molar-refractivity contribution is 6.06. The van der Waals surface area contributed by atoms with Crippen molar-refractivity contribution in [2.24, 2.45) is 0 Å². The lowest BCUT2D eigenvalue weighted by atomic mass is 10.1. The van der Waals surface area contributed by atoms with E-state index in [9.17, 15) is 13.6 Å². The molecule has 1 aromatic heterocycles. The van der Waals surface area contributed by atoms with Gasteiger partial charge in [-0.15, -0.1) is 0 Å². The summed E-state index contributed by atoms with van der Waals surface area (Å²) in [4.78, 5) is 14.9. The van der Waals surface area contributed by atoms with Crippen LogP contribution >= 0.6 is 0 Å². The number of ether oxygens (including phenoxy) is 2. The number of nitrogens with zero attached hydrogens (tertiary/aromatic N) is 1. The molecule has 24 heavy (non-hydrogen) atoms. The average molecular weight is 328 g/mol. The number of halogens is 2. The van der Waals surface area contributed by atoms with E-state index in [2.05, 4.69) is 4.98 Å². The maximum atomic E-state index is 14.4. The molecule has 3 rings (SSSR count). The number of H-pyrrole nitrogens is 1. The normalized spacial score (nSPS) is 10.4. The fourth-order valence-electron chi connectivity index (χ4n) is 2.33. The second-order valence-electron chi connectivity index (χ2n) is 4.85. The van der Waals surface area contributed by atoms with Crippen molar-refractivity contribution >= 4 is 16.9 Å². The van der Waals surface area contributed by atoms with E-state index in [-0.39, 0.29) is 22.6 Å². The molecule has 0 unspecified atom stereocenters. The second kappa shape index (κ2) is 6.01. The molecule has 0 atom stereocenters. The first-order valence-electron chi connectivity index (χ1n) is 6.80. The third-order valence-corrected chi connectivity index (χ3v) is 3.43. The van der Waals surface area contributed by atoms with Crippen LogP contribution in [0.1, 0.15) is 15.9 Å². The Morgan fingerprint density at radius 3 is 2.71 bits per heavy atom. The average Bonchev–Trinajstić information content (AvgIpc) is 3.04. The van der Waals surface area contributed by atoms with E-state index in [0.717, 1.165) is 12.1 Å². The molecule has 0 saturated carbocycles. The minimum atomic E-state index is -0.798. The molecule has 1 N–H and O–H groups in total. The summed E-state index contributed by atoms with van der Waals surface area (Å²) in [5.74, 6) is -2.64. The molecule has 0 radical (unpaired) electrons. The molecule has 0 aliphatic rings. The summed E-state index contributed by atoms with van der Waals surface area (Å²) in [6.45, 7) is 0. The predicted molar refractivity (Wildman–Crippen MR) is 80.8 cm³/mol. The Labute approximate surface area is 135 Å². The number of nitrogens with one attached hydrogen (secondary N) is 1. The third kappa shape index (κ3) is 2.54. The summed E-state index contributed by atoms with van der Waals surface area (Å²) in [5.41, 5.74) is 0.0453. The van der Waals surface area contributed by atoms with Crippen LogP contribution in [0, 0.1) is 23.0 Å². The Balaban J connectivity index is 2.17. The van der Waals surface area contributed by atoms with Crippen molar-refractivity contribution in [1.82, 2.24) is 4.98 Å². The summed E-state index contributed by atoms with van der Waals surface area (Å²) >= 11 is 0. The molecule has 0 aliphatic heterocycles. The Morgan fingerprint density at radius 1 is 1.21 bits per heavy atom. The van der Waals surface area contributed by atoms with Gasteiger partial charge in [0.25, 0.3) is 0 Å². The number of esters is 1. The molecule has 0 bridgehead atoms. The maximum Gasteiger partial charge on any atom is 0.342 e. The molecule has 120 valence electrons. The minimum Gasteiger partial charge on any atom is -0.465 e. The van der Waals surface area contributed by atoms with Crippen molar-refractivity contribution in [2.45, 2.75) is 0 Å². The van der Waals surface area contributed by atoms with Crippen LogP contribution in [-0.4, -0.2) is 18.1 Å². The summed E-state index contributed by atoms with van der Waals surface area (Å²) < 4.78 is 37.9. The Morgan fingerprint density at radius 2 is 2.00 bits per heavy atom. The number of methoxy groups -OCH3 is 1. The quantitative estimate of drug-likeness (QED) is 0.740. The number of carbonyl (C=O) groups excluding carboxylic acids is 1. The smallest absolute Gasteiger partial charge is 0.342 e. The number of carbonyl (C=O) groups is 1. The van der Waals surface area contributed by atoms with Crippen molar-refractivity contribution in [3.8, 4) is 17.6 Å². The van der Waals surface area contributed by atoms with Crippen LogP contribution < -0.4 is 4.74 Å². The molecule has 7 heteroatoms. The van der Waals surface area contributed by atoms with Gasteiger partial charge in [0.15, 0.2) is 11.6 Å². The van der Waals surface area contributed by atoms with Gasteiger partial charge in [-0.05, 0) is 18.2 Å². The first kappa shape index (κ1) is 15.5. The van der Waals surface area contributed by atoms with Crippen LogP contribution in [0.5, 0.6) is 11.5 Å². The number of hydrogen-bond acceptors (Lipinski definition) is 4. The van der Waals surface area contributed by atoms with Gasteiger partial charge in [-0.2, -0.15) is 5.26 Å². The first-order chi connectivity index (χ1) is 11.5. The zero-order valence-corrected chi connectivity index (χ0v) is 12.4. The van der Waals surface area contributed by atoms with Gasteiger partial charge in [0.2, 0.25) is 0 Å². The van der Waals surface area contributed by atoms with Crippen LogP contribution in [0.3, 0.4) is 0 Å². The van der Waals surface area contributed by atoms with E-state index in [1.165, 1.54) is 19.2 Å². The molecule has 0 amide bonds. The van der Waals surface area contributed by atoms with E-state index < -0.39 is 17.6 Å². The lowest BCUT2D eigenvalue weighted by Crippen LogP contribution is -2.06. The summed E-state index contributed by atoms with van der Waals surface area (Å²) in [6, 6.07) is 7.80. The van der Waals surface area contributed by atoms with E-state index in [1.807, 2.05) is 0 Å². The van der Waals surface area contributed by atoms with Gasteiger partial charge in [-0.1, -0.05) is 0 Å². The fraction of sp³-hybridized carbons (Fsp3) is 0.0588. The Hall–Kier alpha value is -3.40. The van der Waals surface area contributed by atoms with E-state index in [4.69, 9.17) is 14.7 Å². The largest absolute Gasteiger partial charge is 0.465 e. The molecule has 0 fully saturated rings. The third-order valence-electron chi connectivity index (χ3n) is 3.43. The summed E-state index contributed by atoms with van der Waals surface area (Å²) in [5, 5.41) is 9.28. The van der Waals surface area contributed by atoms with Gasteiger partial charge in [0.05, 0.1) is 12.7 Å². The molecule has 3 aromatic rings. The zero-order valence-electron chi connectivity index (χ0n) is 12.4. The number of benzene rings is 2. The molecule has 5 nitrogen and oxygen atoms in total. The highest BCUT2D eigenvalue weighted by Crippen LogP contribution is 2.35. The molecule has 0 saturated heterocycles. The number of hydrogen-bond donors (Lipinski definition) is 1. The van der Waals surface area contributed by atoms with Crippen molar-refractivity contribution < 1.29 is 23.0 Å². The number of aromatic nitrogens is 1. The van der Waals surface area contributed by atoms with Gasteiger partial charge >= 0.3 is 5.97 Å². The van der Waals surface area contributed by atoms with Gasteiger partial charge in [-0.25, -0.2) is 13.6 Å². The van der Waals surface area contributed by atoms with Crippen LogP contribution in [0.4, 0.5) is 8.78 Å². The van der Waals surface area contributed by atoms with Crippen molar-refractivity contribution in [3.05, 3.63) is 59.3 Å². The standard InChI is InChI=1S/C17H10F2N2O3/c1-23-17(22)15-11-4-5-21-14(11)7-13(19)16(15)24-10-2-3-12(18)9(6-10)8-20/h2-7,21H,1H3. The van der Waals surface area contributed by atoms with Gasteiger partial charge < -0.3 is 14.5 Å². The van der Waals surface area contributed by atoms with Crippen LogP contribution in [-0.2, 0) is 4.74 Å². The molecular weight excluding hydrogens is 318 g/mol. The zero-order chi connectivity index (χ0) is 17.3. The monoisotopic (exact) mass is 328 g/mol. The second-order valence-corrected chi connectivity index (χ2v) is 4.85. The number of aromatic amines is 1. The van der Waals surface area contributed by atoms with Crippen LogP contribution in [0.25, 0.3) is 10.9 Å². The number of nitriles is 1. The van der Waals surface area contributed by atoms with Gasteiger partial charge in [0, 0.05) is 29.2 Å². The SMILES string of the molecule is COC(=O)c1c(Oc2ccc(F)c(C#N)c2)c(F)cc2[nH]ccc12. The van der Waals surface area contributed by atoms with E-state index in [1.54, 1.807) is 18.3 Å². The van der Waals surface area contributed by atoms with E-state index in [0.29, 0.717) is 10.9 Å². The number of fused-ring (bicyclic) bond motifs is 1. The molecule has 0 spiro atoms. The topological polar surface area (TPSA) is 75.1 Å². The molecule has 2 aromatic carbocycles. The van der Waals surface area contributed by atoms with Gasteiger partial charge in [-0.3, -0.25) is 0 Å². The highest BCUT2D eigenvalue weighted by Gasteiger charge is 2.23. The fourth-order valence-corrected chi connectivity index (χ4v) is 2.33. The molecule has 0 aliphatic carbocycles. The van der Waals surface area contributed by atoms with E-state index >= 15 is 0 Å². The Kier molecular flexibility index (Phi) is 3.88. The maximum absolute atomic E-state index is 14.4. The van der Waals surface area contributed by atoms with Gasteiger partial charge in [0.1, 0.15) is 23.2 Å². The number of rotatable bonds is 3. The highest BCUT2D eigenvalue weighted by atomic mass is 19.1. The predicted octanol–water partition coefficient (Wildman–Crippen LogP) is 3.90. The Bertz CT molecular complexity index is 989. The first-order valence-corrected chi connectivity index (χ1v) is 6.80. The molecular formula is C17H10F2N2O3. The van der Waals surface area contributed by atoms with Crippen LogP contribution in [0.15, 0.2) is 36.5 Å². The summed E-state index contributed by atoms with van der Waals surface area (Å²) in [7, 11) is 1.17. The van der Waals surface area contributed by atoms with Crippen molar-refractivity contribution in [1.29, 1.82) is 5.26 Å². The van der Waals surface area contributed by atoms with Crippen LogP contribution in [0.2, 0.25) is 0 Å². The minimum absolute atomic E-state index is 0.0203. The summed E-state index contributed by atoms with van der Waals surface area (Å²) in [6.07, 6.45) is 1.55.